The van der Waals surface area contributed by atoms with Gasteiger partial charge in [-0.2, -0.15) is 4.99 Å². The molecular weight excluding hydrogens is 263 g/mol. The van der Waals surface area contributed by atoms with Crippen molar-refractivity contribution in [3.8, 4) is 0 Å². The average molecular weight is 284 g/mol. The van der Waals surface area contributed by atoms with Gasteiger partial charge in [0, 0.05) is 12.6 Å². The van der Waals surface area contributed by atoms with Crippen LogP contribution in [0.15, 0.2) is 4.99 Å². The highest BCUT2D eigenvalue weighted by Gasteiger charge is 2.28. The van der Waals surface area contributed by atoms with E-state index >= 15 is 0 Å². The van der Waals surface area contributed by atoms with E-state index in [0.29, 0.717) is 18.1 Å². The third-order valence-electron chi connectivity index (χ3n) is 3.26. The molecule has 1 aromatic heterocycles. The van der Waals surface area contributed by atoms with Gasteiger partial charge in [0.2, 0.25) is 0 Å². The number of nitrogens with zero attached hydrogens (tertiary/aromatic N) is 3. The molecule has 0 aromatic carbocycles. The molecular formula is C11H21N6OP. The van der Waals surface area contributed by atoms with E-state index in [9.17, 15) is 5.11 Å². The molecule has 0 fully saturated rings. The van der Waals surface area contributed by atoms with Crippen molar-refractivity contribution >= 4 is 21.0 Å². The van der Waals surface area contributed by atoms with Crippen molar-refractivity contribution in [1.82, 2.24) is 14.9 Å². The molecule has 2 heterocycles. The van der Waals surface area contributed by atoms with E-state index in [2.05, 4.69) is 38.4 Å². The lowest BCUT2D eigenvalue weighted by molar-refractivity contribution is 0.156. The van der Waals surface area contributed by atoms with Gasteiger partial charge in [-0.3, -0.25) is 0 Å². The van der Waals surface area contributed by atoms with Crippen LogP contribution >= 0.6 is 9.24 Å². The maximum atomic E-state index is 9.88. The van der Waals surface area contributed by atoms with Crippen LogP contribution in [0.2, 0.25) is 0 Å². The number of guanidine groups is 1. The van der Waals surface area contributed by atoms with Gasteiger partial charge in [0.05, 0.1) is 0 Å². The zero-order chi connectivity index (χ0) is 14.4. The molecule has 0 bridgehead atoms. The topological polar surface area (TPSA) is 114 Å². The molecule has 8 heteroatoms. The Kier molecular flexibility index (Phi) is 3.55. The second-order valence-corrected chi connectivity index (χ2v) is 6.94. The second-order valence-electron chi connectivity index (χ2n) is 5.45. The van der Waals surface area contributed by atoms with Crippen LogP contribution in [0.4, 0.5) is 5.82 Å². The molecule has 0 saturated carbocycles. The first-order chi connectivity index (χ1) is 8.70. The summed E-state index contributed by atoms with van der Waals surface area (Å²) >= 11 is 0. The third kappa shape index (κ3) is 2.73. The van der Waals surface area contributed by atoms with Crippen LogP contribution in [-0.2, 0) is 6.54 Å². The normalized spacial score (nSPS) is 20.5. The molecule has 0 saturated heterocycles. The van der Waals surface area contributed by atoms with E-state index in [1.807, 2.05) is 11.5 Å². The molecule has 0 spiro atoms. The minimum Gasteiger partial charge on any atom is -0.370 e. The van der Waals surface area contributed by atoms with Crippen LogP contribution in [0.25, 0.3) is 0 Å². The predicted octanol–water partition coefficient (Wildman–Crippen LogP) is -0.287. The van der Waals surface area contributed by atoms with Gasteiger partial charge in [-0.1, -0.05) is 13.8 Å². The summed E-state index contributed by atoms with van der Waals surface area (Å²) in [4.78, 5) is 8.54. The molecule has 1 aliphatic rings. The average Bonchev–Trinajstić information content (AvgIpc) is 2.56. The maximum absolute atomic E-state index is 9.88. The fourth-order valence-electron chi connectivity index (χ4n) is 1.88. The molecule has 6 N–H and O–H groups in total. The van der Waals surface area contributed by atoms with Crippen molar-refractivity contribution in [1.29, 1.82) is 0 Å². The van der Waals surface area contributed by atoms with Gasteiger partial charge in [0.1, 0.15) is 11.5 Å². The Hall–Kier alpha value is -1.17. The smallest absolute Gasteiger partial charge is 0.197 e. The van der Waals surface area contributed by atoms with E-state index in [0.717, 1.165) is 5.82 Å². The fourth-order valence-corrected chi connectivity index (χ4v) is 1.99. The molecule has 3 atom stereocenters. The number of rotatable bonds is 3. The molecule has 0 amide bonds. The van der Waals surface area contributed by atoms with Gasteiger partial charge in [0.25, 0.3) is 0 Å². The number of aliphatic hydroxyl groups excluding tert-OH is 1. The second kappa shape index (κ2) is 4.74. The number of hydrogen-bond acceptors (Lipinski definition) is 6. The fraction of sp³-hybridized carbons (Fsp3) is 0.636. The Balaban J connectivity index is 2.38. The lowest BCUT2D eigenvalue weighted by Crippen LogP contribution is -2.42. The maximum Gasteiger partial charge on any atom is 0.197 e. The Morgan fingerprint density at radius 2 is 2.21 bits per heavy atom. The number of aliphatic imine (C=N–C) groups is 1. The number of nitrogens with one attached hydrogen (secondary N) is 1. The van der Waals surface area contributed by atoms with Gasteiger partial charge in [-0.05, 0) is 12.1 Å². The van der Waals surface area contributed by atoms with Crippen molar-refractivity contribution < 1.29 is 5.11 Å². The number of aliphatic hydroxyl groups is 1. The summed E-state index contributed by atoms with van der Waals surface area (Å²) < 4.78 is 1.89. The molecule has 7 nitrogen and oxygen atoms in total. The molecule has 1 aliphatic heterocycles. The largest absolute Gasteiger partial charge is 0.370 e. The van der Waals surface area contributed by atoms with Crippen LogP contribution in [0, 0.1) is 6.92 Å². The molecule has 19 heavy (non-hydrogen) atoms. The first kappa shape index (κ1) is 14.2. The summed E-state index contributed by atoms with van der Waals surface area (Å²) in [5.74, 6) is 1.51. The number of fused-ring (bicyclic) bond motifs is 1. The minimum atomic E-state index is -0.923. The van der Waals surface area contributed by atoms with Crippen LogP contribution in [-0.4, -0.2) is 31.8 Å². The van der Waals surface area contributed by atoms with Gasteiger partial charge in [-0.15, -0.1) is 9.24 Å². The highest BCUT2D eigenvalue weighted by atomic mass is 31.0. The number of aryl methyl sites for hydroxylation is 1. The Morgan fingerprint density at radius 3 is 2.79 bits per heavy atom. The van der Waals surface area contributed by atoms with Gasteiger partial charge >= 0.3 is 0 Å². The van der Waals surface area contributed by atoms with E-state index < -0.39 is 6.23 Å². The van der Waals surface area contributed by atoms with Crippen LogP contribution in [0.1, 0.15) is 31.6 Å². The molecule has 106 valence electrons. The van der Waals surface area contributed by atoms with Crippen LogP contribution < -0.4 is 16.8 Å². The third-order valence-corrected chi connectivity index (χ3v) is 3.69. The summed E-state index contributed by atoms with van der Waals surface area (Å²) in [6, 6.07) is -0.0852. The molecule has 2 rings (SSSR count). The van der Waals surface area contributed by atoms with Crippen LogP contribution in [0.5, 0.6) is 0 Å². The van der Waals surface area contributed by atoms with E-state index in [-0.39, 0.29) is 17.2 Å². The van der Waals surface area contributed by atoms with Crippen molar-refractivity contribution in [2.24, 2.45) is 16.5 Å². The molecule has 0 aliphatic carbocycles. The number of nitrogens with two attached hydrogens (primary N) is 2. The first-order valence-corrected chi connectivity index (χ1v) is 6.68. The summed E-state index contributed by atoms with van der Waals surface area (Å²) in [7, 11) is 2.74. The van der Waals surface area contributed by atoms with Crippen molar-refractivity contribution in [3.05, 3.63) is 11.5 Å². The van der Waals surface area contributed by atoms with E-state index in [4.69, 9.17) is 11.5 Å². The highest BCUT2D eigenvalue weighted by Crippen LogP contribution is 2.30. The van der Waals surface area contributed by atoms with Gasteiger partial charge in [0.15, 0.2) is 18.0 Å². The number of imidazole rings is 1. The molecule has 1 aromatic rings. The first-order valence-electron chi connectivity index (χ1n) is 6.10. The summed E-state index contributed by atoms with van der Waals surface area (Å²) in [6.45, 7) is 6.53. The summed E-state index contributed by atoms with van der Waals surface area (Å²) in [5.41, 5.74) is 12.3. The number of hydrogen-bond donors (Lipinski definition) is 4. The van der Waals surface area contributed by atoms with Gasteiger partial charge in [-0.25, -0.2) is 4.98 Å². The monoisotopic (exact) mass is 284 g/mol. The van der Waals surface area contributed by atoms with Gasteiger partial charge < -0.3 is 26.5 Å². The van der Waals surface area contributed by atoms with E-state index in [1.54, 1.807) is 0 Å². The van der Waals surface area contributed by atoms with Crippen molar-refractivity contribution in [3.63, 3.8) is 0 Å². The van der Waals surface area contributed by atoms with Crippen LogP contribution in [0.3, 0.4) is 0 Å². The highest BCUT2D eigenvalue weighted by molar-refractivity contribution is 7.19. The molecule has 3 unspecified atom stereocenters. The zero-order valence-corrected chi connectivity index (χ0v) is 12.5. The lowest BCUT2D eigenvalue weighted by atomic mass is 10.0. The zero-order valence-electron chi connectivity index (χ0n) is 11.4. The Morgan fingerprint density at radius 1 is 1.58 bits per heavy atom. The van der Waals surface area contributed by atoms with Crippen molar-refractivity contribution in [2.75, 3.05) is 0 Å². The Bertz CT molecular complexity index is 518. The minimum absolute atomic E-state index is 0.0852. The quantitative estimate of drug-likeness (QED) is 0.570. The molecule has 0 radical (unpaired) electrons. The van der Waals surface area contributed by atoms with Crippen molar-refractivity contribution in [2.45, 2.75) is 44.7 Å². The summed E-state index contributed by atoms with van der Waals surface area (Å²) in [5, 5.41) is 12.4. The Labute approximate surface area is 114 Å². The number of aromatic nitrogens is 2. The standard InChI is InChI=1S/C11H21N6OP/c1-5-14-7-8(15-10(13)16-9(7)18)17(5)4-6(12)11(2,3)19/h6,9,18H,4,12,19H2,1-3H3,(H3,13,15,16). The van der Waals surface area contributed by atoms with E-state index in [1.165, 1.54) is 0 Å². The SMILES string of the molecule is Cc1nc2c(n1CC(N)C(C)(C)P)N=C(N)NC2O. The predicted molar refractivity (Wildman–Crippen MR) is 78.1 cm³/mol. The summed E-state index contributed by atoms with van der Waals surface area (Å²) in [6.07, 6.45) is -0.923. The lowest BCUT2D eigenvalue weighted by Gasteiger charge is -2.28.